The van der Waals surface area contributed by atoms with Crippen LogP contribution < -0.4 is 5.32 Å². The van der Waals surface area contributed by atoms with Gasteiger partial charge in [0.05, 0.1) is 4.47 Å². The minimum Gasteiger partial charge on any atom is -0.317 e. The number of nitrogens with one attached hydrogen (secondary N) is 1. The molecule has 0 spiro atoms. The molecule has 4 heteroatoms. The number of piperidine rings is 1. The fourth-order valence-corrected chi connectivity index (χ4v) is 2.43. The van der Waals surface area contributed by atoms with Crippen molar-refractivity contribution in [2.45, 2.75) is 19.3 Å². The summed E-state index contributed by atoms with van der Waals surface area (Å²) < 4.78 is 27.1. The van der Waals surface area contributed by atoms with E-state index in [4.69, 9.17) is 0 Å². The summed E-state index contributed by atoms with van der Waals surface area (Å²) in [5.41, 5.74) is 0.493. The molecule has 0 unspecified atom stereocenters. The van der Waals surface area contributed by atoms with Crippen LogP contribution in [0.3, 0.4) is 0 Å². The van der Waals surface area contributed by atoms with Crippen molar-refractivity contribution in [3.05, 3.63) is 33.8 Å². The fraction of sp³-hybridized carbons (Fsp3) is 0.500. The van der Waals surface area contributed by atoms with Gasteiger partial charge in [0, 0.05) is 0 Å². The number of benzene rings is 1. The lowest BCUT2D eigenvalue weighted by atomic mass is 9.91. The molecule has 2 rings (SSSR count). The standard InChI is InChI=1S/C12H14BrF2N/c13-10-7-11(14)9(6-12(10)15)5-8-1-3-16-4-2-8/h6-8,16H,1-5H2. The van der Waals surface area contributed by atoms with Crippen molar-refractivity contribution in [1.29, 1.82) is 0 Å². The second-order valence-corrected chi connectivity index (χ2v) is 5.11. The summed E-state index contributed by atoms with van der Waals surface area (Å²) in [6.07, 6.45) is 2.71. The molecule has 1 N–H and O–H groups in total. The average Bonchev–Trinajstić information content (AvgIpc) is 2.27. The van der Waals surface area contributed by atoms with Crippen molar-refractivity contribution in [3.8, 4) is 0 Å². The predicted molar refractivity (Wildman–Crippen MR) is 63.4 cm³/mol. The topological polar surface area (TPSA) is 12.0 Å². The van der Waals surface area contributed by atoms with Gasteiger partial charge >= 0.3 is 0 Å². The summed E-state index contributed by atoms with van der Waals surface area (Å²) in [4.78, 5) is 0. The van der Waals surface area contributed by atoms with Crippen LogP contribution in [0.2, 0.25) is 0 Å². The first-order chi connectivity index (χ1) is 7.66. The molecule has 1 heterocycles. The summed E-state index contributed by atoms with van der Waals surface area (Å²) in [7, 11) is 0. The average molecular weight is 290 g/mol. The maximum absolute atomic E-state index is 13.6. The third-order valence-corrected chi connectivity index (χ3v) is 3.66. The molecular formula is C12H14BrF2N. The molecule has 0 saturated carbocycles. The van der Waals surface area contributed by atoms with Gasteiger partial charge in [0.2, 0.25) is 0 Å². The maximum Gasteiger partial charge on any atom is 0.137 e. The molecule has 1 nitrogen and oxygen atoms in total. The second kappa shape index (κ2) is 5.23. The zero-order chi connectivity index (χ0) is 11.5. The smallest absolute Gasteiger partial charge is 0.137 e. The zero-order valence-corrected chi connectivity index (χ0v) is 10.5. The molecule has 0 aromatic heterocycles. The van der Waals surface area contributed by atoms with Crippen LogP contribution in [0.1, 0.15) is 18.4 Å². The first-order valence-electron chi connectivity index (χ1n) is 5.51. The molecule has 0 radical (unpaired) electrons. The van der Waals surface area contributed by atoms with Crippen LogP contribution in [0.5, 0.6) is 0 Å². The highest BCUT2D eigenvalue weighted by Crippen LogP contribution is 2.24. The van der Waals surface area contributed by atoms with Crippen molar-refractivity contribution in [1.82, 2.24) is 5.32 Å². The minimum absolute atomic E-state index is 0.194. The van der Waals surface area contributed by atoms with Gasteiger partial charge in [0.15, 0.2) is 0 Å². The highest BCUT2D eigenvalue weighted by Gasteiger charge is 2.16. The summed E-state index contributed by atoms with van der Waals surface area (Å²) in [5, 5.41) is 3.26. The van der Waals surface area contributed by atoms with Crippen molar-refractivity contribution >= 4 is 15.9 Å². The van der Waals surface area contributed by atoms with Crippen LogP contribution in [-0.4, -0.2) is 13.1 Å². The van der Waals surface area contributed by atoms with Crippen molar-refractivity contribution in [2.75, 3.05) is 13.1 Å². The van der Waals surface area contributed by atoms with Gasteiger partial charge in [-0.3, -0.25) is 0 Å². The monoisotopic (exact) mass is 289 g/mol. The third-order valence-electron chi connectivity index (χ3n) is 3.06. The molecule has 1 saturated heterocycles. The highest BCUT2D eigenvalue weighted by atomic mass is 79.9. The Kier molecular flexibility index (Phi) is 3.92. The van der Waals surface area contributed by atoms with E-state index < -0.39 is 0 Å². The van der Waals surface area contributed by atoms with Gasteiger partial charge in [0.25, 0.3) is 0 Å². The van der Waals surface area contributed by atoms with E-state index in [1.165, 1.54) is 12.1 Å². The summed E-state index contributed by atoms with van der Waals surface area (Å²) >= 11 is 2.98. The Morgan fingerprint density at radius 3 is 2.56 bits per heavy atom. The molecule has 1 fully saturated rings. The van der Waals surface area contributed by atoms with E-state index in [1.807, 2.05) is 0 Å². The van der Waals surface area contributed by atoms with Gasteiger partial charge in [-0.25, -0.2) is 8.78 Å². The van der Waals surface area contributed by atoms with Gasteiger partial charge in [-0.2, -0.15) is 0 Å². The Balaban J connectivity index is 2.11. The van der Waals surface area contributed by atoms with E-state index in [0.717, 1.165) is 25.9 Å². The van der Waals surface area contributed by atoms with Crippen molar-refractivity contribution < 1.29 is 8.78 Å². The minimum atomic E-state index is -0.384. The van der Waals surface area contributed by atoms with Crippen molar-refractivity contribution in [2.24, 2.45) is 5.92 Å². The normalized spacial score (nSPS) is 17.7. The van der Waals surface area contributed by atoms with E-state index >= 15 is 0 Å². The van der Waals surface area contributed by atoms with E-state index in [1.54, 1.807) is 0 Å². The predicted octanol–water partition coefficient (Wildman–Crippen LogP) is 3.27. The molecular weight excluding hydrogens is 276 g/mol. The molecule has 1 aromatic rings. The SMILES string of the molecule is Fc1cc(CC2CCNCC2)c(F)cc1Br. The van der Waals surface area contributed by atoms with Gasteiger partial charge in [-0.15, -0.1) is 0 Å². The quantitative estimate of drug-likeness (QED) is 0.824. The van der Waals surface area contributed by atoms with Gasteiger partial charge < -0.3 is 5.32 Å². The molecule has 1 aromatic carbocycles. The number of hydrogen-bond acceptors (Lipinski definition) is 1. The van der Waals surface area contributed by atoms with Crippen LogP contribution >= 0.6 is 15.9 Å². The fourth-order valence-electron chi connectivity index (χ4n) is 2.12. The molecule has 0 aliphatic carbocycles. The Labute approximate surface area is 102 Å². The Morgan fingerprint density at radius 2 is 1.88 bits per heavy atom. The largest absolute Gasteiger partial charge is 0.317 e. The lowest BCUT2D eigenvalue weighted by Crippen LogP contribution is -2.28. The lowest BCUT2D eigenvalue weighted by molar-refractivity contribution is 0.368. The molecule has 0 bridgehead atoms. The third kappa shape index (κ3) is 2.80. The van der Waals surface area contributed by atoms with Gasteiger partial charge in [-0.1, -0.05) is 0 Å². The highest BCUT2D eigenvalue weighted by molar-refractivity contribution is 9.10. The first kappa shape index (κ1) is 12.0. The van der Waals surface area contributed by atoms with Crippen molar-refractivity contribution in [3.63, 3.8) is 0 Å². The van der Waals surface area contributed by atoms with Gasteiger partial charge in [-0.05, 0) is 71.9 Å². The van der Waals surface area contributed by atoms with Gasteiger partial charge in [0.1, 0.15) is 11.6 Å². The first-order valence-corrected chi connectivity index (χ1v) is 6.30. The molecule has 88 valence electrons. The molecule has 1 aliphatic rings. The van der Waals surface area contributed by atoms with Crippen LogP contribution in [0.15, 0.2) is 16.6 Å². The molecule has 16 heavy (non-hydrogen) atoms. The molecule has 0 atom stereocenters. The van der Waals surface area contributed by atoms with E-state index in [2.05, 4.69) is 21.2 Å². The van der Waals surface area contributed by atoms with Crippen LogP contribution in [-0.2, 0) is 6.42 Å². The van der Waals surface area contributed by atoms with Crippen LogP contribution in [0.25, 0.3) is 0 Å². The van der Waals surface area contributed by atoms with Crippen LogP contribution in [0.4, 0.5) is 8.78 Å². The second-order valence-electron chi connectivity index (χ2n) is 4.26. The van der Waals surface area contributed by atoms with E-state index in [-0.39, 0.29) is 16.1 Å². The Bertz CT molecular complexity index is 376. The molecule has 1 aliphatic heterocycles. The van der Waals surface area contributed by atoms with E-state index in [0.29, 0.717) is 17.9 Å². The maximum atomic E-state index is 13.6. The van der Waals surface area contributed by atoms with Crippen LogP contribution in [0, 0.1) is 17.6 Å². The number of rotatable bonds is 2. The Hall–Kier alpha value is -0.480. The lowest BCUT2D eigenvalue weighted by Gasteiger charge is -2.22. The number of halogens is 3. The Morgan fingerprint density at radius 1 is 1.19 bits per heavy atom. The summed E-state index contributed by atoms with van der Waals surface area (Å²) in [5.74, 6) is -0.228. The van der Waals surface area contributed by atoms with E-state index in [9.17, 15) is 8.78 Å². The summed E-state index contributed by atoms with van der Waals surface area (Å²) in [6, 6.07) is 2.52. The zero-order valence-electron chi connectivity index (χ0n) is 8.90. The molecule has 0 amide bonds. The summed E-state index contributed by atoms with van der Waals surface area (Å²) in [6.45, 7) is 1.95. The number of hydrogen-bond donors (Lipinski definition) is 1.